The first kappa shape index (κ1) is 15.3. The van der Waals surface area contributed by atoms with Crippen LogP contribution in [0, 0.1) is 12.3 Å². The summed E-state index contributed by atoms with van der Waals surface area (Å²) in [5.74, 6) is 2.31. The lowest BCUT2D eigenvalue weighted by Crippen LogP contribution is -2.05. The molecule has 5 heteroatoms. The van der Waals surface area contributed by atoms with Crippen molar-refractivity contribution in [3.8, 4) is 12.3 Å². The molecule has 0 heterocycles. The van der Waals surface area contributed by atoms with Crippen LogP contribution in [0.4, 0.5) is 0 Å². The van der Waals surface area contributed by atoms with Crippen molar-refractivity contribution in [3.05, 3.63) is 10.4 Å². The molecule has 0 fully saturated rings. The van der Waals surface area contributed by atoms with E-state index in [2.05, 4.69) is 15.9 Å². The van der Waals surface area contributed by atoms with Crippen molar-refractivity contribution < 1.29 is 9.53 Å². The lowest BCUT2D eigenvalue weighted by molar-refractivity contribution is -0.143. The molecule has 0 bridgehead atoms. The van der Waals surface area contributed by atoms with Crippen LogP contribution in [-0.4, -0.2) is 19.1 Å². The van der Waals surface area contributed by atoms with E-state index in [1.165, 1.54) is 0 Å². The quantitative estimate of drug-likeness (QED) is 0.146. The van der Waals surface area contributed by atoms with E-state index in [0.29, 0.717) is 32.4 Å². The van der Waals surface area contributed by atoms with Gasteiger partial charge >= 0.3 is 5.97 Å². The number of ether oxygens (including phenoxy) is 1. The highest BCUT2D eigenvalue weighted by Gasteiger charge is 2.01. The van der Waals surface area contributed by atoms with E-state index in [9.17, 15) is 4.79 Å². The van der Waals surface area contributed by atoms with E-state index < -0.39 is 0 Å². The summed E-state index contributed by atoms with van der Waals surface area (Å²) in [4.78, 5) is 13.8. The number of azide groups is 1. The third-order valence-electron chi connectivity index (χ3n) is 2.18. The molecule has 0 aromatic carbocycles. The summed E-state index contributed by atoms with van der Waals surface area (Å²) >= 11 is 0. The third-order valence-corrected chi connectivity index (χ3v) is 2.18. The molecule has 0 aromatic heterocycles. The molecule has 0 unspecified atom stereocenters. The largest absolute Gasteiger partial charge is 0.466 e. The van der Waals surface area contributed by atoms with Crippen LogP contribution in [0.25, 0.3) is 10.4 Å². The van der Waals surface area contributed by atoms with E-state index in [1.54, 1.807) is 0 Å². The molecule has 0 rings (SSSR count). The number of rotatable bonds is 10. The predicted octanol–water partition coefficient (Wildman–Crippen LogP) is 3.20. The van der Waals surface area contributed by atoms with Gasteiger partial charge in [-0.2, -0.15) is 0 Å². The van der Waals surface area contributed by atoms with Crippen molar-refractivity contribution in [1.82, 2.24) is 0 Å². The fraction of sp³-hybridized carbons (Fsp3) is 0.750. The second-order valence-electron chi connectivity index (χ2n) is 3.65. The molecular weight excluding hydrogens is 218 g/mol. The highest BCUT2D eigenvalue weighted by Crippen LogP contribution is 2.02. The minimum Gasteiger partial charge on any atom is -0.466 e. The second kappa shape index (κ2) is 12.4. The van der Waals surface area contributed by atoms with Gasteiger partial charge < -0.3 is 4.74 Å². The van der Waals surface area contributed by atoms with Gasteiger partial charge in [0, 0.05) is 24.3 Å². The molecule has 94 valence electrons. The molecule has 0 radical (unpaired) electrons. The van der Waals surface area contributed by atoms with Crippen LogP contribution < -0.4 is 0 Å². The monoisotopic (exact) mass is 237 g/mol. The molecule has 17 heavy (non-hydrogen) atoms. The Kier molecular flexibility index (Phi) is 11.2. The topological polar surface area (TPSA) is 75.1 Å². The average Bonchev–Trinajstić information content (AvgIpc) is 2.33. The SMILES string of the molecule is C#CCCCC(=O)OCCCCCCN=[N+]=[N-]. The lowest BCUT2D eigenvalue weighted by atomic mass is 10.2. The summed E-state index contributed by atoms with van der Waals surface area (Å²) in [6, 6.07) is 0. The van der Waals surface area contributed by atoms with E-state index in [1.807, 2.05) is 0 Å². The second-order valence-corrected chi connectivity index (χ2v) is 3.65. The molecule has 0 N–H and O–H groups in total. The minimum absolute atomic E-state index is 0.172. The van der Waals surface area contributed by atoms with Gasteiger partial charge in [-0.15, -0.1) is 12.3 Å². The Balaban J connectivity index is 3.19. The number of hydrogen-bond acceptors (Lipinski definition) is 3. The number of carbonyl (C=O) groups excluding carboxylic acids is 1. The van der Waals surface area contributed by atoms with Crippen molar-refractivity contribution in [1.29, 1.82) is 0 Å². The average molecular weight is 237 g/mol. The molecule has 0 spiro atoms. The van der Waals surface area contributed by atoms with Crippen LogP contribution in [0.3, 0.4) is 0 Å². The van der Waals surface area contributed by atoms with Crippen LogP contribution in [0.1, 0.15) is 44.9 Å². The van der Waals surface area contributed by atoms with Crippen LogP contribution in [0.15, 0.2) is 5.11 Å². The Labute approximate surface area is 102 Å². The van der Waals surface area contributed by atoms with Crippen molar-refractivity contribution in [2.75, 3.05) is 13.2 Å². The minimum atomic E-state index is -0.172. The number of unbranched alkanes of at least 4 members (excludes halogenated alkanes) is 4. The van der Waals surface area contributed by atoms with E-state index >= 15 is 0 Å². The Morgan fingerprint density at radius 1 is 1.29 bits per heavy atom. The normalized spacial score (nSPS) is 9.12. The smallest absolute Gasteiger partial charge is 0.305 e. The van der Waals surface area contributed by atoms with Crippen LogP contribution >= 0.6 is 0 Å². The molecule has 0 atom stereocenters. The van der Waals surface area contributed by atoms with Crippen molar-refractivity contribution in [2.24, 2.45) is 5.11 Å². The zero-order chi connectivity index (χ0) is 12.8. The van der Waals surface area contributed by atoms with Gasteiger partial charge in [0.2, 0.25) is 0 Å². The van der Waals surface area contributed by atoms with E-state index in [0.717, 1.165) is 25.7 Å². The molecular formula is C12H19N3O2. The van der Waals surface area contributed by atoms with Crippen LogP contribution in [0.2, 0.25) is 0 Å². The Morgan fingerprint density at radius 2 is 2.06 bits per heavy atom. The molecule has 0 aliphatic rings. The number of nitrogens with zero attached hydrogens (tertiary/aromatic N) is 3. The predicted molar refractivity (Wildman–Crippen MR) is 66.1 cm³/mol. The van der Waals surface area contributed by atoms with Gasteiger partial charge in [0.1, 0.15) is 0 Å². The van der Waals surface area contributed by atoms with Crippen molar-refractivity contribution in [2.45, 2.75) is 44.9 Å². The Hall–Kier alpha value is -1.66. The lowest BCUT2D eigenvalue weighted by Gasteiger charge is -2.03. The summed E-state index contributed by atoms with van der Waals surface area (Å²) in [7, 11) is 0. The van der Waals surface area contributed by atoms with Gasteiger partial charge in [-0.3, -0.25) is 4.79 Å². The first-order valence-corrected chi connectivity index (χ1v) is 5.91. The first-order chi connectivity index (χ1) is 8.31. The highest BCUT2D eigenvalue weighted by molar-refractivity contribution is 5.69. The van der Waals surface area contributed by atoms with Gasteiger partial charge in [-0.25, -0.2) is 0 Å². The molecule has 0 aliphatic carbocycles. The molecule has 0 saturated carbocycles. The molecule has 0 aliphatic heterocycles. The maximum absolute atomic E-state index is 11.1. The molecule has 0 amide bonds. The summed E-state index contributed by atoms with van der Waals surface area (Å²) in [6.07, 6.45) is 10.5. The van der Waals surface area contributed by atoms with Crippen LogP contribution in [0.5, 0.6) is 0 Å². The molecule has 0 saturated heterocycles. The maximum atomic E-state index is 11.1. The van der Waals surface area contributed by atoms with Crippen LogP contribution in [-0.2, 0) is 9.53 Å². The summed E-state index contributed by atoms with van der Waals surface area (Å²) < 4.78 is 5.03. The summed E-state index contributed by atoms with van der Waals surface area (Å²) in [5.41, 5.74) is 8.05. The third kappa shape index (κ3) is 12.3. The number of carbonyl (C=O) groups is 1. The number of esters is 1. The van der Waals surface area contributed by atoms with Gasteiger partial charge in [0.05, 0.1) is 6.61 Å². The Bertz CT molecular complexity index is 291. The van der Waals surface area contributed by atoms with Gasteiger partial charge in [0.15, 0.2) is 0 Å². The van der Waals surface area contributed by atoms with E-state index in [-0.39, 0.29) is 5.97 Å². The number of hydrogen-bond donors (Lipinski definition) is 0. The summed E-state index contributed by atoms with van der Waals surface area (Å²) in [6.45, 7) is 1.01. The molecule has 5 nitrogen and oxygen atoms in total. The maximum Gasteiger partial charge on any atom is 0.305 e. The highest BCUT2D eigenvalue weighted by atomic mass is 16.5. The molecule has 0 aromatic rings. The van der Waals surface area contributed by atoms with Gasteiger partial charge in [0.25, 0.3) is 0 Å². The zero-order valence-corrected chi connectivity index (χ0v) is 10.1. The van der Waals surface area contributed by atoms with Gasteiger partial charge in [-0.05, 0) is 24.8 Å². The Morgan fingerprint density at radius 3 is 2.76 bits per heavy atom. The first-order valence-electron chi connectivity index (χ1n) is 5.91. The fourth-order valence-electron chi connectivity index (χ4n) is 1.28. The van der Waals surface area contributed by atoms with E-state index in [4.69, 9.17) is 16.7 Å². The standard InChI is InChI=1S/C12H19N3O2/c1-2-3-6-9-12(16)17-11-8-5-4-7-10-14-15-13/h1H,3-11H2. The fourth-order valence-corrected chi connectivity index (χ4v) is 1.28. The van der Waals surface area contributed by atoms with Crippen molar-refractivity contribution in [3.63, 3.8) is 0 Å². The van der Waals surface area contributed by atoms with Gasteiger partial charge in [-0.1, -0.05) is 18.0 Å². The number of terminal acetylenes is 1. The zero-order valence-electron chi connectivity index (χ0n) is 10.1. The summed E-state index contributed by atoms with van der Waals surface area (Å²) in [5, 5.41) is 3.44. The van der Waals surface area contributed by atoms with Crippen molar-refractivity contribution >= 4 is 5.97 Å².